The van der Waals surface area contributed by atoms with Crippen LogP contribution >= 0.6 is 0 Å². The number of carbonyl (C=O) groups is 3. The van der Waals surface area contributed by atoms with Gasteiger partial charge in [-0.25, -0.2) is 0 Å². The average Bonchev–Trinajstić information content (AvgIpc) is 2.34. The van der Waals surface area contributed by atoms with Gasteiger partial charge in [-0.3, -0.25) is 14.4 Å². The van der Waals surface area contributed by atoms with E-state index >= 15 is 0 Å². The van der Waals surface area contributed by atoms with E-state index in [1.807, 2.05) is 0 Å². The van der Waals surface area contributed by atoms with Crippen LogP contribution in [0.25, 0.3) is 0 Å². The molecule has 0 saturated carbocycles. The van der Waals surface area contributed by atoms with Crippen LogP contribution in [0.2, 0.25) is 0 Å². The molecule has 1 atom stereocenters. The van der Waals surface area contributed by atoms with Crippen LogP contribution in [-0.4, -0.2) is 22.6 Å². The molecule has 0 aliphatic rings. The molecule has 23 heavy (non-hydrogen) atoms. The van der Waals surface area contributed by atoms with E-state index in [-0.39, 0.29) is 18.2 Å². The third kappa shape index (κ3) is 4.08. The van der Waals surface area contributed by atoms with Crippen molar-refractivity contribution >= 4 is 17.5 Å². The van der Waals surface area contributed by atoms with Gasteiger partial charge in [0.05, 0.1) is 11.1 Å². The summed E-state index contributed by atoms with van der Waals surface area (Å²) < 4.78 is 76.2. The molecule has 0 aliphatic carbocycles. The quantitative estimate of drug-likeness (QED) is 0.518. The molecule has 0 heterocycles. The molecule has 126 valence electrons. The summed E-state index contributed by atoms with van der Waals surface area (Å²) in [5.74, 6) is -7.38. The fourth-order valence-corrected chi connectivity index (χ4v) is 1.80. The summed E-state index contributed by atoms with van der Waals surface area (Å²) in [6, 6.07) is 0.126. The molecule has 1 rings (SSSR count). The molecule has 0 saturated heterocycles. The summed E-state index contributed by atoms with van der Waals surface area (Å²) in [7, 11) is 0. The Kier molecular flexibility index (Phi) is 4.88. The smallest absolute Gasteiger partial charge is 0.417 e. The van der Waals surface area contributed by atoms with Crippen molar-refractivity contribution in [2.45, 2.75) is 19.3 Å². The molecule has 0 aliphatic heterocycles. The Morgan fingerprint density at radius 1 is 1.00 bits per heavy atom. The van der Waals surface area contributed by atoms with Crippen LogP contribution in [0.1, 0.15) is 28.4 Å². The van der Waals surface area contributed by atoms with Crippen LogP contribution in [0.15, 0.2) is 18.2 Å². The number of hydrogen-bond donors (Lipinski definition) is 1. The second-order valence-electron chi connectivity index (χ2n) is 4.50. The SMILES string of the molecule is CC(=O)C(C(=O)O)C(=O)c1ccc(C(F)(F)F)cc1C(F)(F)F. The second kappa shape index (κ2) is 6.01. The van der Waals surface area contributed by atoms with Crippen molar-refractivity contribution in [2.24, 2.45) is 5.92 Å². The summed E-state index contributed by atoms with van der Waals surface area (Å²) in [5.41, 5.74) is -4.92. The molecule has 0 amide bonds. The highest BCUT2D eigenvalue weighted by Crippen LogP contribution is 2.38. The van der Waals surface area contributed by atoms with E-state index in [1.165, 1.54) is 0 Å². The molecular formula is C13H8F6O4. The number of alkyl halides is 6. The Morgan fingerprint density at radius 2 is 1.52 bits per heavy atom. The largest absolute Gasteiger partial charge is 0.480 e. The Hall–Kier alpha value is -2.39. The lowest BCUT2D eigenvalue weighted by molar-refractivity contribution is -0.146. The van der Waals surface area contributed by atoms with E-state index in [0.717, 1.165) is 0 Å². The first-order chi connectivity index (χ1) is 10.3. The van der Waals surface area contributed by atoms with Crippen molar-refractivity contribution in [1.29, 1.82) is 0 Å². The number of ketones is 2. The molecule has 0 fully saturated rings. The van der Waals surface area contributed by atoms with Crippen LogP contribution in [0.5, 0.6) is 0 Å². The van der Waals surface area contributed by atoms with E-state index in [1.54, 1.807) is 0 Å². The minimum Gasteiger partial charge on any atom is -0.480 e. The van der Waals surface area contributed by atoms with Gasteiger partial charge in [0.1, 0.15) is 0 Å². The van der Waals surface area contributed by atoms with Crippen LogP contribution in [-0.2, 0) is 21.9 Å². The molecular weight excluding hydrogens is 334 g/mol. The third-order valence-electron chi connectivity index (χ3n) is 2.83. The lowest BCUT2D eigenvalue weighted by atomic mass is 9.90. The molecule has 1 unspecified atom stereocenters. The predicted octanol–water partition coefficient (Wildman–Crippen LogP) is 3.20. The number of halogens is 6. The first-order valence-corrected chi connectivity index (χ1v) is 5.82. The maximum atomic E-state index is 12.9. The van der Waals surface area contributed by atoms with Crippen molar-refractivity contribution in [1.82, 2.24) is 0 Å². The van der Waals surface area contributed by atoms with Crippen LogP contribution in [0.4, 0.5) is 26.3 Å². The summed E-state index contributed by atoms with van der Waals surface area (Å²) in [6.45, 7) is 0.675. The van der Waals surface area contributed by atoms with Crippen molar-refractivity contribution in [3.05, 3.63) is 34.9 Å². The van der Waals surface area contributed by atoms with Gasteiger partial charge >= 0.3 is 18.3 Å². The number of aliphatic carboxylic acids is 1. The van der Waals surface area contributed by atoms with Gasteiger partial charge in [-0.2, -0.15) is 26.3 Å². The highest BCUT2D eigenvalue weighted by Gasteiger charge is 2.42. The number of Topliss-reactive ketones (excluding diaryl/α,β-unsaturated/α-hetero) is 2. The zero-order chi connectivity index (χ0) is 18.2. The van der Waals surface area contributed by atoms with E-state index in [0.29, 0.717) is 6.92 Å². The fourth-order valence-electron chi connectivity index (χ4n) is 1.80. The Bertz CT molecular complexity index is 645. The molecule has 1 aromatic carbocycles. The van der Waals surface area contributed by atoms with Crippen molar-refractivity contribution in [3.63, 3.8) is 0 Å². The summed E-state index contributed by atoms with van der Waals surface area (Å²) in [4.78, 5) is 33.8. The highest BCUT2D eigenvalue weighted by molar-refractivity contribution is 6.22. The monoisotopic (exact) mass is 342 g/mol. The molecule has 0 radical (unpaired) electrons. The second-order valence-corrected chi connectivity index (χ2v) is 4.50. The van der Waals surface area contributed by atoms with Crippen molar-refractivity contribution < 1.29 is 45.8 Å². The molecule has 0 spiro atoms. The minimum atomic E-state index is -5.34. The number of hydrogen-bond acceptors (Lipinski definition) is 3. The maximum absolute atomic E-state index is 12.9. The Balaban J connectivity index is 3.56. The van der Waals surface area contributed by atoms with Crippen LogP contribution in [0.3, 0.4) is 0 Å². The normalized spacial score (nSPS) is 13.5. The average molecular weight is 342 g/mol. The number of carbonyl (C=O) groups excluding carboxylic acids is 2. The number of carboxylic acids is 1. The molecule has 0 aromatic heterocycles. The van der Waals surface area contributed by atoms with E-state index in [9.17, 15) is 40.7 Å². The lowest BCUT2D eigenvalue weighted by Gasteiger charge is -2.16. The predicted molar refractivity (Wildman–Crippen MR) is 62.6 cm³/mol. The lowest BCUT2D eigenvalue weighted by Crippen LogP contribution is -2.31. The summed E-state index contributed by atoms with van der Waals surface area (Å²) in [6.07, 6.45) is -10.4. The zero-order valence-corrected chi connectivity index (χ0v) is 11.2. The first kappa shape index (κ1) is 18.7. The van der Waals surface area contributed by atoms with Crippen LogP contribution in [0, 0.1) is 5.92 Å². The van der Waals surface area contributed by atoms with Gasteiger partial charge in [0.25, 0.3) is 0 Å². The number of rotatable bonds is 4. The zero-order valence-electron chi connectivity index (χ0n) is 11.2. The summed E-state index contributed by atoms with van der Waals surface area (Å²) >= 11 is 0. The standard InChI is InChI=1S/C13H8F6O4/c1-5(20)9(11(22)23)10(21)7-3-2-6(12(14,15)16)4-8(7)13(17,18)19/h2-4,9H,1H3,(H,22,23). The van der Waals surface area contributed by atoms with Gasteiger partial charge in [-0.1, -0.05) is 6.07 Å². The maximum Gasteiger partial charge on any atom is 0.417 e. The van der Waals surface area contributed by atoms with Gasteiger partial charge < -0.3 is 5.11 Å². The van der Waals surface area contributed by atoms with Gasteiger partial charge in [0, 0.05) is 5.56 Å². The third-order valence-corrected chi connectivity index (χ3v) is 2.83. The Labute approximate surface area is 124 Å². The van der Waals surface area contributed by atoms with Gasteiger partial charge in [-0.15, -0.1) is 0 Å². The number of carboxylic acid groups (broad SMARTS) is 1. The molecule has 1 aromatic rings. The molecule has 10 heteroatoms. The van der Waals surface area contributed by atoms with Gasteiger partial charge in [0.15, 0.2) is 17.5 Å². The van der Waals surface area contributed by atoms with Crippen molar-refractivity contribution in [2.75, 3.05) is 0 Å². The van der Waals surface area contributed by atoms with E-state index in [4.69, 9.17) is 5.11 Å². The fraction of sp³-hybridized carbons (Fsp3) is 0.308. The highest BCUT2D eigenvalue weighted by atomic mass is 19.4. The molecule has 0 bridgehead atoms. The minimum absolute atomic E-state index is 0.210. The topological polar surface area (TPSA) is 71.4 Å². The van der Waals surface area contributed by atoms with Crippen molar-refractivity contribution in [3.8, 4) is 0 Å². The summed E-state index contributed by atoms with van der Waals surface area (Å²) in [5, 5.41) is 8.75. The first-order valence-electron chi connectivity index (χ1n) is 5.82. The van der Waals surface area contributed by atoms with E-state index < -0.39 is 52.5 Å². The van der Waals surface area contributed by atoms with Crippen LogP contribution < -0.4 is 0 Å². The number of benzene rings is 1. The van der Waals surface area contributed by atoms with E-state index in [2.05, 4.69) is 0 Å². The molecule has 1 N–H and O–H groups in total. The van der Waals surface area contributed by atoms with Gasteiger partial charge in [0.2, 0.25) is 0 Å². The molecule has 4 nitrogen and oxygen atoms in total. The Morgan fingerprint density at radius 3 is 1.87 bits per heavy atom. The van der Waals surface area contributed by atoms with Gasteiger partial charge in [-0.05, 0) is 19.1 Å².